The molecule has 6 nitrogen and oxygen atoms in total. The molecule has 0 aromatic heterocycles. The lowest BCUT2D eigenvalue weighted by Crippen LogP contribution is -2.61. The summed E-state index contributed by atoms with van der Waals surface area (Å²) < 4.78 is 31.4. The van der Waals surface area contributed by atoms with Crippen LogP contribution in [0.25, 0.3) is 0 Å². The van der Waals surface area contributed by atoms with Gasteiger partial charge in [0, 0.05) is 0 Å². The fourth-order valence-electron chi connectivity index (χ4n) is 4.77. The van der Waals surface area contributed by atoms with Crippen LogP contribution in [0.1, 0.15) is 22.3 Å². The van der Waals surface area contributed by atoms with Gasteiger partial charge in [-0.3, -0.25) is 0 Å². The molecule has 1 heterocycles. The van der Waals surface area contributed by atoms with Crippen molar-refractivity contribution in [2.45, 2.75) is 57.1 Å². The minimum Gasteiger partial charge on any atom is -0.374 e. The van der Waals surface area contributed by atoms with Crippen LogP contribution in [0.2, 0.25) is 0 Å². The summed E-state index contributed by atoms with van der Waals surface area (Å²) in [4.78, 5) is 0. The summed E-state index contributed by atoms with van der Waals surface area (Å²) in [6, 6.07) is 39.7. The molecule has 0 radical (unpaired) electrons. The van der Waals surface area contributed by atoms with E-state index in [0.29, 0.717) is 26.4 Å². The summed E-state index contributed by atoms with van der Waals surface area (Å²) in [5, 5.41) is 11.2. The van der Waals surface area contributed by atoms with E-state index in [4.69, 9.17) is 23.7 Å². The zero-order valence-corrected chi connectivity index (χ0v) is 22.5. The van der Waals surface area contributed by atoms with Crippen LogP contribution in [0.4, 0.5) is 0 Å². The summed E-state index contributed by atoms with van der Waals surface area (Å²) in [7, 11) is 0. The van der Waals surface area contributed by atoms with Gasteiger partial charge in [0.2, 0.25) is 0 Å². The van der Waals surface area contributed by atoms with Crippen LogP contribution in [-0.2, 0) is 50.1 Å². The summed E-state index contributed by atoms with van der Waals surface area (Å²) in [5.74, 6) is 0. The first kappa shape index (κ1) is 28.2. The van der Waals surface area contributed by atoms with E-state index in [1.165, 1.54) is 0 Å². The van der Waals surface area contributed by atoms with Gasteiger partial charge in [-0.2, -0.15) is 0 Å². The largest absolute Gasteiger partial charge is 0.374 e. The number of aliphatic hydroxyl groups is 1. The molecule has 6 heteroatoms. The average molecular weight is 541 g/mol. The normalized spacial score (nSPS) is 22.7. The molecule has 40 heavy (non-hydrogen) atoms. The number of benzene rings is 4. The first-order chi connectivity index (χ1) is 19.8. The maximum absolute atomic E-state index is 11.2. The second-order valence-electron chi connectivity index (χ2n) is 9.85. The molecule has 5 atom stereocenters. The van der Waals surface area contributed by atoms with Gasteiger partial charge in [0.25, 0.3) is 0 Å². The molecular weight excluding hydrogens is 504 g/mol. The lowest BCUT2D eigenvalue weighted by molar-refractivity contribution is -0.317. The highest BCUT2D eigenvalue weighted by Gasteiger charge is 2.48. The molecule has 1 aliphatic rings. The Morgan fingerprint density at radius 3 is 1.30 bits per heavy atom. The van der Waals surface area contributed by atoms with E-state index >= 15 is 0 Å². The minimum absolute atomic E-state index is 0.224. The summed E-state index contributed by atoms with van der Waals surface area (Å²) in [6.07, 6.45) is -3.72. The second kappa shape index (κ2) is 14.9. The van der Waals surface area contributed by atoms with Gasteiger partial charge in [-0.25, -0.2) is 0 Å². The van der Waals surface area contributed by atoms with Crippen molar-refractivity contribution in [2.75, 3.05) is 6.61 Å². The molecule has 1 N–H and O–H groups in total. The van der Waals surface area contributed by atoms with Crippen molar-refractivity contribution in [3.05, 3.63) is 144 Å². The van der Waals surface area contributed by atoms with Gasteiger partial charge in [0.05, 0.1) is 33.0 Å². The van der Waals surface area contributed by atoms with E-state index in [1.54, 1.807) is 0 Å². The Hall–Kier alpha value is -3.36. The smallest absolute Gasteiger partial charge is 0.184 e. The van der Waals surface area contributed by atoms with Crippen LogP contribution in [0.5, 0.6) is 0 Å². The van der Waals surface area contributed by atoms with Crippen LogP contribution in [0, 0.1) is 0 Å². The molecule has 0 unspecified atom stereocenters. The van der Waals surface area contributed by atoms with E-state index in [9.17, 15) is 5.11 Å². The number of aliphatic hydroxyl groups excluding tert-OH is 1. The maximum atomic E-state index is 11.2. The first-order valence-electron chi connectivity index (χ1n) is 13.7. The van der Waals surface area contributed by atoms with Gasteiger partial charge in [-0.05, 0) is 22.3 Å². The quantitative estimate of drug-likeness (QED) is 0.236. The molecule has 0 bridgehead atoms. The Morgan fingerprint density at radius 1 is 0.475 bits per heavy atom. The molecule has 1 aliphatic heterocycles. The lowest BCUT2D eigenvalue weighted by Gasteiger charge is -2.44. The molecule has 208 valence electrons. The van der Waals surface area contributed by atoms with E-state index in [-0.39, 0.29) is 6.61 Å². The van der Waals surface area contributed by atoms with Gasteiger partial charge in [-0.1, -0.05) is 121 Å². The topological polar surface area (TPSA) is 66.4 Å². The average Bonchev–Trinajstić information content (AvgIpc) is 3.01. The minimum atomic E-state index is -1.22. The Labute approximate surface area is 236 Å². The third kappa shape index (κ3) is 8.08. The van der Waals surface area contributed by atoms with Crippen LogP contribution in [-0.4, -0.2) is 42.4 Å². The highest BCUT2D eigenvalue weighted by atomic mass is 16.7. The summed E-state index contributed by atoms with van der Waals surface area (Å²) >= 11 is 0. The molecule has 5 rings (SSSR count). The molecular formula is C34H36O6. The molecule has 0 saturated carbocycles. The Balaban J connectivity index is 1.36. The van der Waals surface area contributed by atoms with Crippen LogP contribution >= 0.6 is 0 Å². The van der Waals surface area contributed by atoms with Crippen molar-refractivity contribution in [2.24, 2.45) is 0 Å². The Bertz CT molecular complexity index is 1240. The van der Waals surface area contributed by atoms with Crippen molar-refractivity contribution in [3.8, 4) is 0 Å². The van der Waals surface area contributed by atoms with Crippen molar-refractivity contribution < 1.29 is 28.8 Å². The number of hydrogen-bond acceptors (Lipinski definition) is 6. The standard InChI is InChI=1S/C34H36O6/c35-34-33(39-24-29-19-11-4-12-20-29)32(38-23-28-17-9-3-10-18-28)31(37-22-27-15-7-2-8-16-27)30(40-34)25-36-21-26-13-5-1-6-14-26/h1-20,30-35H,21-25H2/t30-,31-,32+,33-,34+/m1/s1. The highest BCUT2D eigenvalue weighted by Crippen LogP contribution is 2.30. The summed E-state index contributed by atoms with van der Waals surface area (Å²) in [6.45, 7) is 1.65. The predicted octanol–water partition coefficient (Wildman–Crippen LogP) is 5.68. The Kier molecular flexibility index (Phi) is 10.5. The third-order valence-electron chi connectivity index (χ3n) is 6.86. The SMILES string of the molecule is O[C@H]1O[C@H](COCc2ccccc2)[C@@H](OCc2ccccc2)[C@H](OCc2ccccc2)[C@H]1OCc1ccccc1. The molecule has 0 spiro atoms. The van der Waals surface area contributed by atoms with Gasteiger partial charge in [0.1, 0.15) is 24.4 Å². The number of ether oxygens (including phenoxy) is 5. The van der Waals surface area contributed by atoms with Gasteiger partial charge in [0.15, 0.2) is 6.29 Å². The monoisotopic (exact) mass is 540 g/mol. The molecule has 0 amide bonds. The molecule has 4 aromatic carbocycles. The number of rotatable bonds is 13. The second-order valence-corrected chi connectivity index (χ2v) is 9.85. The predicted molar refractivity (Wildman–Crippen MR) is 152 cm³/mol. The fourth-order valence-corrected chi connectivity index (χ4v) is 4.77. The first-order valence-corrected chi connectivity index (χ1v) is 13.7. The van der Waals surface area contributed by atoms with Crippen LogP contribution < -0.4 is 0 Å². The molecule has 1 fully saturated rings. The zero-order valence-electron chi connectivity index (χ0n) is 22.5. The van der Waals surface area contributed by atoms with E-state index < -0.39 is 30.7 Å². The van der Waals surface area contributed by atoms with Gasteiger partial charge in [-0.15, -0.1) is 0 Å². The molecule has 1 saturated heterocycles. The van der Waals surface area contributed by atoms with E-state index in [0.717, 1.165) is 22.3 Å². The zero-order chi connectivity index (χ0) is 27.4. The fraction of sp³-hybridized carbons (Fsp3) is 0.294. The van der Waals surface area contributed by atoms with Crippen LogP contribution in [0.3, 0.4) is 0 Å². The van der Waals surface area contributed by atoms with Crippen molar-refractivity contribution in [1.29, 1.82) is 0 Å². The van der Waals surface area contributed by atoms with Gasteiger partial charge >= 0.3 is 0 Å². The number of hydrogen-bond donors (Lipinski definition) is 1. The Morgan fingerprint density at radius 2 is 0.850 bits per heavy atom. The third-order valence-corrected chi connectivity index (χ3v) is 6.86. The van der Waals surface area contributed by atoms with E-state index in [1.807, 2.05) is 121 Å². The van der Waals surface area contributed by atoms with Crippen LogP contribution in [0.15, 0.2) is 121 Å². The highest BCUT2D eigenvalue weighted by molar-refractivity contribution is 5.16. The van der Waals surface area contributed by atoms with Crippen molar-refractivity contribution >= 4 is 0 Å². The molecule has 0 aliphatic carbocycles. The van der Waals surface area contributed by atoms with Crippen molar-refractivity contribution in [3.63, 3.8) is 0 Å². The van der Waals surface area contributed by atoms with E-state index in [2.05, 4.69) is 0 Å². The lowest BCUT2D eigenvalue weighted by atomic mass is 9.98. The molecule has 4 aromatic rings. The van der Waals surface area contributed by atoms with Crippen molar-refractivity contribution in [1.82, 2.24) is 0 Å². The summed E-state index contributed by atoms with van der Waals surface area (Å²) in [5.41, 5.74) is 4.10. The maximum Gasteiger partial charge on any atom is 0.184 e. The van der Waals surface area contributed by atoms with Gasteiger partial charge < -0.3 is 28.8 Å².